The van der Waals surface area contributed by atoms with Gasteiger partial charge in [-0.15, -0.1) is 0 Å². The van der Waals surface area contributed by atoms with Crippen LogP contribution in [0, 0.1) is 0 Å². The maximum atomic E-state index is 12.6. The largest absolute Gasteiger partial charge is 0.497 e. The number of ether oxygens (including phenoxy) is 1. The summed E-state index contributed by atoms with van der Waals surface area (Å²) < 4.78 is 5.26. The molecular formula is C17H17Cl2N3O2. The molecule has 3 rings (SSSR count). The Labute approximate surface area is 150 Å². The third kappa shape index (κ3) is 3.74. The van der Waals surface area contributed by atoms with E-state index in [-0.39, 0.29) is 16.2 Å². The molecule has 2 heterocycles. The third-order valence-corrected chi connectivity index (χ3v) is 4.38. The van der Waals surface area contributed by atoms with Gasteiger partial charge in [0.1, 0.15) is 16.1 Å². The van der Waals surface area contributed by atoms with Crippen molar-refractivity contribution in [2.75, 3.05) is 38.2 Å². The predicted molar refractivity (Wildman–Crippen MR) is 95.4 cm³/mol. The number of benzene rings is 1. The zero-order chi connectivity index (χ0) is 17.1. The van der Waals surface area contributed by atoms with E-state index in [1.807, 2.05) is 24.3 Å². The van der Waals surface area contributed by atoms with Crippen LogP contribution < -0.4 is 9.64 Å². The fourth-order valence-electron chi connectivity index (χ4n) is 2.75. The Kier molecular flexibility index (Phi) is 5.11. The quantitative estimate of drug-likeness (QED) is 0.782. The molecule has 1 fully saturated rings. The number of anilines is 1. The first-order valence-corrected chi connectivity index (χ1v) is 8.34. The van der Waals surface area contributed by atoms with Crippen LogP contribution >= 0.6 is 23.2 Å². The lowest BCUT2D eigenvalue weighted by atomic mass is 10.2. The lowest BCUT2D eigenvalue weighted by Crippen LogP contribution is -2.48. The number of carbonyl (C=O) groups excluding carboxylic acids is 1. The SMILES string of the molecule is COc1cccc(N2CCN(C(=O)c3cc(Cl)nc(Cl)c3)CC2)c1. The molecule has 1 saturated heterocycles. The number of rotatable bonds is 3. The highest BCUT2D eigenvalue weighted by Crippen LogP contribution is 2.23. The number of hydrogen-bond donors (Lipinski definition) is 0. The Bertz CT molecular complexity index is 726. The van der Waals surface area contributed by atoms with Gasteiger partial charge in [0.25, 0.3) is 5.91 Å². The van der Waals surface area contributed by atoms with E-state index in [1.165, 1.54) is 0 Å². The van der Waals surface area contributed by atoms with Crippen molar-refractivity contribution in [1.82, 2.24) is 9.88 Å². The summed E-state index contributed by atoms with van der Waals surface area (Å²) in [6.07, 6.45) is 0. The zero-order valence-electron chi connectivity index (χ0n) is 13.2. The van der Waals surface area contributed by atoms with E-state index in [0.717, 1.165) is 24.5 Å². The number of hydrogen-bond acceptors (Lipinski definition) is 4. The molecule has 0 aliphatic carbocycles. The molecule has 1 aliphatic rings. The zero-order valence-corrected chi connectivity index (χ0v) is 14.7. The smallest absolute Gasteiger partial charge is 0.254 e. The number of carbonyl (C=O) groups is 1. The molecule has 0 unspecified atom stereocenters. The molecule has 0 radical (unpaired) electrons. The van der Waals surface area contributed by atoms with Gasteiger partial charge in [0.05, 0.1) is 7.11 Å². The fourth-order valence-corrected chi connectivity index (χ4v) is 3.21. The Balaban J connectivity index is 1.67. The van der Waals surface area contributed by atoms with Gasteiger partial charge in [-0.1, -0.05) is 29.3 Å². The molecule has 0 spiro atoms. The maximum Gasteiger partial charge on any atom is 0.254 e. The number of pyridine rings is 1. The van der Waals surface area contributed by atoms with Gasteiger partial charge in [-0.2, -0.15) is 0 Å². The molecule has 0 atom stereocenters. The molecule has 7 heteroatoms. The number of nitrogens with zero attached hydrogens (tertiary/aromatic N) is 3. The molecule has 2 aromatic rings. The van der Waals surface area contributed by atoms with Crippen molar-refractivity contribution >= 4 is 34.8 Å². The van der Waals surface area contributed by atoms with Gasteiger partial charge in [0.15, 0.2) is 0 Å². The van der Waals surface area contributed by atoms with Crippen LogP contribution in [-0.4, -0.2) is 49.1 Å². The topological polar surface area (TPSA) is 45.7 Å². The summed E-state index contributed by atoms with van der Waals surface area (Å²) in [5.74, 6) is 0.749. The second kappa shape index (κ2) is 7.28. The van der Waals surface area contributed by atoms with Gasteiger partial charge in [-0.3, -0.25) is 4.79 Å². The Morgan fingerprint density at radius 1 is 1.08 bits per heavy atom. The van der Waals surface area contributed by atoms with E-state index in [2.05, 4.69) is 9.88 Å². The first-order valence-electron chi connectivity index (χ1n) is 7.58. The second-order valence-corrected chi connectivity index (χ2v) is 6.26. The van der Waals surface area contributed by atoms with E-state index in [0.29, 0.717) is 18.7 Å². The van der Waals surface area contributed by atoms with Gasteiger partial charge in [-0.25, -0.2) is 4.98 Å². The molecule has 126 valence electrons. The van der Waals surface area contributed by atoms with Gasteiger partial charge < -0.3 is 14.5 Å². The van der Waals surface area contributed by atoms with Crippen molar-refractivity contribution in [3.8, 4) is 5.75 Å². The number of piperazine rings is 1. The molecule has 1 aromatic carbocycles. The van der Waals surface area contributed by atoms with Gasteiger partial charge in [0, 0.05) is 43.5 Å². The standard InChI is InChI=1S/C17H17Cl2N3O2/c1-24-14-4-2-3-13(11-14)21-5-7-22(8-6-21)17(23)12-9-15(18)20-16(19)10-12/h2-4,9-11H,5-8H2,1H3. The fraction of sp³-hybridized carbons (Fsp3) is 0.294. The number of halogens is 2. The second-order valence-electron chi connectivity index (χ2n) is 5.48. The average molecular weight is 366 g/mol. The van der Waals surface area contributed by atoms with Gasteiger partial charge in [-0.05, 0) is 24.3 Å². The van der Waals surface area contributed by atoms with Crippen LogP contribution in [0.1, 0.15) is 10.4 Å². The minimum absolute atomic E-state index is 0.0773. The minimum Gasteiger partial charge on any atom is -0.497 e. The number of methoxy groups -OCH3 is 1. The predicted octanol–water partition coefficient (Wildman–Crippen LogP) is 3.36. The van der Waals surface area contributed by atoms with Crippen molar-refractivity contribution in [3.05, 3.63) is 52.3 Å². The van der Waals surface area contributed by atoms with E-state index >= 15 is 0 Å². The summed E-state index contributed by atoms with van der Waals surface area (Å²) in [5, 5.41) is 0.446. The van der Waals surface area contributed by atoms with Crippen LogP contribution in [-0.2, 0) is 0 Å². The van der Waals surface area contributed by atoms with E-state index in [4.69, 9.17) is 27.9 Å². The van der Waals surface area contributed by atoms with Crippen molar-refractivity contribution in [2.24, 2.45) is 0 Å². The van der Waals surface area contributed by atoms with E-state index in [9.17, 15) is 4.79 Å². The molecule has 24 heavy (non-hydrogen) atoms. The summed E-state index contributed by atoms with van der Waals surface area (Å²) in [7, 11) is 1.65. The Morgan fingerprint density at radius 3 is 2.38 bits per heavy atom. The van der Waals surface area contributed by atoms with Gasteiger partial charge in [0.2, 0.25) is 0 Å². The van der Waals surface area contributed by atoms with E-state index in [1.54, 1.807) is 24.1 Å². The highest BCUT2D eigenvalue weighted by Gasteiger charge is 2.23. The normalized spacial score (nSPS) is 14.6. The Morgan fingerprint density at radius 2 is 1.75 bits per heavy atom. The van der Waals surface area contributed by atoms with E-state index < -0.39 is 0 Å². The summed E-state index contributed by atoms with van der Waals surface area (Å²) in [6, 6.07) is 11.0. The van der Waals surface area contributed by atoms with Crippen LogP contribution in [0.3, 0.4) is 0 Å². The molecule has 1 amide bonds. The summed E-state index contributed by atoms with van der Waals surface area (Å²) in [5.41, 5.74) is 1.56. The van der Waals surface area contributed by atoms with Crippen LogP contribution in [0.15, 0.2) is 36.4 Å². The molecule has 5 nitrogen and oxygen atoms in total. The molecule has 0 bridgehead atoms. The van der Waals surface area contributed by atoms with Crippen LogP contribution in [0.2, 0.25) is 10.3 Å². The molecule has 1 aromatic heterocycles. The van der Waals surface area contributed by atoms with Crippen molar-refractivity contribution < 1.29 is 9.53 Å². The monoisotopic (exact) mass is 365 g/mol. The Hall–Kier alpha value is -1.98. The molecular weight excluding hydrogens is 349 g/mol. The van der Waals surface area contributed by atoms with Crippen LogP contribution in [0.5, 0.6) is 5.75 Å². The highest BCUT2D eigenvalue weighted by atomic mass is 35.5. The average Bonchev–Trinajstić information content (AvgIpc) is 2.60. The lowest BCUT2D eigenvalue weighted by molar-refractivity contribution is 0.0746. The van der Waals surface area contributed by atoms with Crippen molar-refractivity contribution in [3.63, 3.8) is 0 Å². The number of aromatic nitrogens is 1. The first kappa shape index (κ1) is 16.9. The first-order chi connectivity index (χ1) is 11.6. The number of amides is 1. The molecule has 0 N–H and O–H groups in total. The van der Waals surface area contributed by atoms with Gasteiger partial charge >= 0.3 is 0 Å². The molecule has 1 aliphatic heterocycles. The minimum atomic E-state index is -0.0773. The van der Waals surface area contributed by atoms with Crippen LogP contribution in [0.25, 0.3) is 0 Å². The summed E-state index contributed by atoms with van der Waals surface area (Å²) >= 11 is 11.8. The molecule has 0 saturated carbocycles. The van der Waals surface area contributed by atoms with Crippen molar-refractivity contribution in [2.45, 2.75) is 0 Å². The summed E-state index contributed by atoms with van der Waals surface area (Å²) in [4.78, 5) is 20.5. The maximum absolute atomic E-state index is 12.6. The van der Waals surface area contributed by atoms with Crippen molar-refractivity contribution in [1.29, 1.82) is 0 Å². The van der Waals surface area contributed by atoms with Crippen LogP contribution in [0.4, 0.5) is 5.69 Å². The highest BCUT2D eigenvalue weighted by molar-refractivity contribution is 6.33. The summed E-state index contributed by atoms with van der Waals surface area (Å²) in [6.45, 7) is 2.78. The lowest BCUT2D eigenvalue weighted by Gasteiger charge is -2.36. The third-order valence-electron chi connectivity index (χ3n) is 4.00.